The number of thiazole rings is 1. The van der Waals surface area contributed by atoms with Crippen molar-refractivity contribution in [3.05, 3.63) is 22.8 Å². The molecule has 0 atom stereocenters. The van der Waals surface area contributed by atoms with Crippen molar-refractivity contribution in [3.63, 3.8) is 0 Å². The highest BCUT2D eigenvalue weighted by molar-refractivity contribution is 7.19. The minimum absolute atomic E-state index is 0.162. The predicted octanol–water partition coefficient (Wildman–Crippen LogP) is 2.70. The summed E-state index contributed by atoms with van der Waals surface area (Å²) in [6, 6.07) is 0. The minimum atomic E-state index is -0.523. The molecule has 0 aliphatic carbocycles. The number of nitrogen functional groups attached to an aromatic ring is 1. The average molecular weight is 266 g/mol. The van der Waals surface area contributed by atoms with E-state index in [0.717, 1.165) is 22.6 Å². The lowest BCUT2D eigenvalue weighted by atomic mass is 10.1. The molecule has 2 rings (SSSR count). The first-order valence-corrected chi connectivity index (χ1v) is 6.19. The van der Waals surface area contributed by atoms with Gasteiger partial charge in [-0.05, 0) is 20.8 Å². The van der Waals surface area contributed by atoms with E-state index < -0.39 is 5.97 Å². The number of carbonyl (C=O) groups excluding carboxylic acids is 1. The molecule has 0 aromatic carbocycles. The fraction of sp³-hybridized carbons (Fsp3) is 0.333. The van der Waals surface area contributed by atoms with Crippen molar-refractivity contribution in [1.29, 1.82) is 0 Å². The largest absolute Gasteiger partial charge is 0.466 e. The molecule has 0 spiro atoms. The molecule has 0 unspecified atom stereocenters. The van der Waals surface area contributed by atoms with E-state index in [9.17, 15) is 4.79 Å². The molecule has 2 aromatic heterocycles. The summed E-state index contributed by atoms with van der Waals surface area (Å²) >= 11 is 1.26. The summed E-state index contributed by atoms with van der Waals surface area (Å²) in [4.78, 5) is 15.7. The second-order valence-electron chi connectivity index (χ2n) is 3.94. The number of aromatic nitrogens is 1. The average Bonchev–Trinajstić information content (AvgIpc) is 2.80. The van der Waals surface area contributed by atoms with Crippen LogP contribution in [0.25, 0.3) is 10.6 Å². The number of esters is 1. The predicted molar refractivity (Wildman–Crippen MR) is 69.8 cm³/mol. The van der Waals surface area contributed by atoms with Crippen molar-refractivity contribution in [2.24, 2.45) is 0 Å². The number of aryl methyl sites for hydroxylation is 2. The van der Waals surface area contributed by atoms with Crippen molar-refractivity contribution in [3.8, 4) is 10.6 Å². The molecule has 0 saturated carbocycles. The quantitative estimate of drug-likeness (QED) is 0.845. The van der Waals surface area contributed by atoms with Crippen LogP contribution >= 0.6 is 11.3 Å². The highest BCUT2D eigenvalue weighted by atomic mass is 32.1. The number of hydrogen-bond donors (Lipinski definition) is 1. The van der Waals surface area contributed by atoms with E-state index in [1.807, 2.05) is 20.8 Å². The van der Waals surface area contributed by atoms with Gasteiger partial charge in [-0.2, -0.15) is 0 Å². The Labute approximate surface area is 109 Å². The van der Waals surface area contributed by atoms with Gasteiger partial charge in [0.15, 0.2) is 5.69 Å². The fourth-order valence-electron chi connectivity index (χ4n) is 1.79. The number of nitrogens with zero attached hydrogens (tertiary/aromatic N) is 1. The van der Waals surface area contributed by atoms with Crippen LogP contribution < -0.4 is 5.73 Å². The third-order valence-electron chi connectivity index (χ3n) is 2.81. The van der Waals surface area contributed by atoms with E-state index in [2.05, 4.69) is 9.72 Å². The molecule has 0 aliphatic heterocycles. The van der Waals surface area contributed by atoms with E-state index in [-0.39, 0.29) is 5.69 Å². The summed E-state index contributed by atoms with van der Waals surface area (Å²) in [7, 11) is 1.30. The molecular formula is C12H14N2O3S. The van der Waals surface area contributed by atoms with Gasteiger partial charge in [-0.3, -0.25) is 0 Å². The van der Waals surface area contributed by atoms with Gasteiger partial charge in [0.1, 0.15) is 21.5 Å². The van der Waals surface area contributed by atoms with Gasteiger partial charge in [-0.15, -0.1) is 0 Å². The molecule has 0 saturated heterocycles. The highest BCUT2D eigenvalue weighted by Gasteiger charge is 2.22. The molecule has 5 nitrogen and oxygen atoms in total. The zero-order valence-electron chi connectivity index (χ0n) is 10.7. The zero-order valence-corrected chi connectivity index (χ0v) is 11.5. The number of carbonyl (C=O) groups is 1. The lowest BCUT2D eigenvalue weighted by Gasteiger charge is -1.95. The van der Waals surface area contributed by atoms with Crippen LogP contribution in [0.3, 0.4) is 0 Å². The normalized spacial score (nSPS) is 10.7. The van der Waals surface area contributed by atoms with Gasteiger partial charge in [0.05, 0.1) is 12.7 Å². The molecule has 6 heteroatoms. The molecule has 0 radical (unpaired) electrons. The molecule has 2 aromatic rings. The summed E-state index contributed by atoms with van der Waals surface area (Å²) in [5.74, 6) is 1.09. The number of furan rings is 1. The molecule has 0 amide bonds. The lowest BCUT2D eigenvalue weighted by molar-refractivity contribution is 0.0596. The zero-order chi connectivity index (χ0) is 13.4. The van der Waals surface area contributed by atoms with E-state index >= 15 is 0 Å². The standard InChI is InChI=1S/C12H14N2O3S/c1-5-6(2)17-7(3)8(5)11-14-9(10(13)18-11)12(15)16-4/h13H2,1-4H3. The summed E-state index contributed by atoms with van der Waals surface area (Å²) < 4.78 is 10.2. The molecule has 18 heavy (non-hydrogen) atoms. The van der Waals surface area contributed by atoms with Gasteiger partial charge in [-0.1, -0.05) is 11.3 Å². The molecular weight excluding hydrogens is 252 g/mol. The van der Waals surface area contributed by atoms with Gasteiger partial charge in [0.2, 0.25) is 0 Å². The Hall–Kier alpha value is -1.82. The number of rotatable bonds is 2. The molecule has 0 bridgehead atoms. The van der Waals surface area contributed by atoms with E-state index in [1.165, 1.54) is 18.4 Å². The third-order valence-corrected chi connectivity index (χ3v) is 3.71. The molecule has 0 fully saturated rings. The summed E-state index contributed by atoms with van der Waals surface area (Å²) in [5.41, 5.74) is 7.86. The number of nitrogens with two attached hydrogens (primary N) is 1. The van der Waals surface area contributed by atoms with Crippen LogP contribution in [0.5, 0.6) is 0 Å². The second kappa shape index (κ2) is 4.45. The Morgan fingerprint density at radius 1 is 1.33 bits per heavy atom. The Bertz CT molecular complexity index is 613. The molecule has 2 heterocycles. The van der Waals surface area contributed by atoms with Crippen LogP contribution in [0.4, 0.5) is 5.00 Å². The number of hydrogen-bond acceptors (Lipinski definition) is 6. The Balaban J connectivity index is 2.56. The SMILES string of the molecule is COC(=O)c1nc(-c2c(C)oc(C)c2C)sc1N. The molecule has 96 valence electrons. The fourth-order valence-corrected chi connectivity index (χ4v) is 2.76. The van der Waals surface area contributed by atoms with E-state index in [1.54, 1.807) is 0 Å². The lowest BCUT2D eigenvalue weighted by Crippen LogP contribution is -2.04. The first-order valence-electron chi connectivity index (χ1n) is 5.37. The Morgan fingerprint density at radius 2 is 2.00 bits per heavy atom. The first-order chi connectivity index (χ1) is 8.45. The van der Waals surface area contributed by atoms with Gasteiger partial charge < -0.3 is 14.9 Å². The van der Waals surface area contributed by atoms with Crippen LogP contribution in [0.2, 0.25) is 0 Å². The first kappa shape index (κ1) is 12.6. The Morgan fingerprint density at radius 3 is 2.50 bits per heavy atom. The summed E-state index contributed by atoms with van der Waals surface area (Å²) in [6.07, 6.45) is 0. The smallest absolute Gasteiger partial charge is 0.359 e. The minimum Gasteiger partial charge on any atom is -0.466 e. The van der Waals surface area contributed by atoms with Crippen molar-refractivity contribution in [2.45, 2.75) is 20.8 Å². The summed E-state index contributed by atoms with van der Waals surface area (Å²) in [6.45, 7) is 5.71. The number of methoxy groups -OCH3 is 1. The monoisotopic (exact) mass is 266 g/mol. The van der Waals surface area contributed by atoms with Crippen LogP contribution in [0.15, 0.2) is 4.42 Å². The van der Waals surface area contributed by atoms with Crippen molar-refractivity contribution in [2.75, 3.05) is 12.8 Å². The van der Waals surface area contributed by atoms with Crippen LogP contribution in [0, 0.1) is 20.8 Å². The maximum Gasteiger partial charge on any atom is 0.359 e. The van der Waals surface area contributed by atoms with Gasteiger partial charge >= 0.3 is 5.97 Å². The second-order valence-corrected chi connectivity index (χ2v) is 4.97. The van der Waals surface area contributed by atoms with Gasteiger partial charge in [-0.25, -0.2) is 9.78 Å². The molecule has 2 N–H and O–H groups in total. The van der Waals surface area contributed by atoms with Crippen LogP contribution in [-0.2, 0) is 4.74 Å². The Kier molecular flexibility index (Phi) is 3.13. The summed E-state index contributed by atoms with van der Waals surface area (Å²) in [5, 5.41) is 1.04. The molecule has 0 aliphatic rings. The van der Waals surface area contributed by atoms with E-state index in [0.29, 0.717) is 10.0 Å². The van der Waals surface area contributed by atoms with Crippen LogP contribution in [-0.4, -0.2) is 18.1 Å². The maximum atomic E-state index is 11.5. The van der Waals surface area contributed by atoms with Gasteiger partial charge in [0, 0.05) is 5.56 Å². The topological polar surface area (TPSA) is 78.3 Å². The third kappa shape index (κ3) is 1.88. The maximum absolute atomic E-state index is 11.5. The van der Waals surface area contributed by atoms with Crippen LogP contribution in [0.1, 0.15) is 27.6 Å². The van der Waals surface area contributed by atoms with Crippen molar-refractivity contribution < 1.29 is 13.9 Å². The number of anilines is 1. The van der Waals surface area contributed by atoms with Crippen molar-refractivity contribution >= 4 is 22.3 Å². The van der Waals surface area contributed by atoms with E-state index in [4.69, 9.17) is 10.2 Å². The highest BCUT2D eigenvalue weighted by Crippen LogP contribution is 2.36. The van der Waals surface area contributed by atoms with Gasteiger partial charge in [0.25, 0.3) is 0 Å². The van der Waals surface area contributed by atoms with Crippen molar-refractivity contribution in [1.82, 2.24) is 4.98 Å². The number of ether oxygens (including phenoxy) is 1.